The lowest BCUT2D eigenvalue weighted by Crippen LogP contribution is -2.32. The zero-order valence-electron chi connectivity index (χ0n) is 13.9. The molecule has 6 nitrogen and oxygen atoms in total. The van der Waals surface area contributed by atoms with Crippen molar-refractivity contribution < 1.29 is 17.6 Å². The summed E-state index contributed by atoms with van der Waals surface area (Å²) in [5.74, 6) is -1.07. The lowest BCUT2D eigenvalue weighted by atomic mass is 10.2. The topological polar surface area (TPSA) is 80.2 Å². The molecular weight excluding hydrogens is 377 g/mol. The number of rotatable bonds is 6. The minimum absolute atomic E-state index is 0.0846. The van der Waals surface area contributed by atoms with Crippen molar-refractivity contribution in [2.75, 3.05) is 17.2 Å². The quantitative estimate of drug-likeness (QED) is 0.643. The molecule has 0 aliphatic heterocycles. The number of carbonyl (C=O) groups excluding carboxylic acids is 1. The molecule has 1 amide bonds. The van der Waals surface area contributed by atoms with Crippen molar-refractivity contribution in [3.63, 3.8) is 0 Å². The maximum absolute atomic E-state index is 13.1. The fraction of sp³-hybridized carbons (Fsp3) is 0.235. The molecule has 0 bridgehead atoms. The molecule has 136 valence electrons. The van der Waals surface area contributed by atoms with Crippen LogP contribution < -0.4 is 4.90 Å². The predicted octanol–water partition coefficient (Wildman–Crippen LogP) is 3.05. The van der Waals surface area contributed by atoms with Crippen molar-refractivity contribution in [3.8, 4) is 0 Å². The first-order valence-electron chi connectivity index (χ1n) is 7.92. The van der Waals surface area contributed by atoms with Gasteiger partial charge in [0.15, 0.2) is 9.84 Å². The van der Waals surface area contributed by atoms with Crippen LogP contribution in [0.3, 0.4) is 0 Å². The lowest BCUT2D eigenvalue weighted by Gasteiger charge is -2.21. The number of sulfone groups is 1. The summed E-state index contributed by atoms with van der Waals surface area (Å²) in [5, 5.41) is 0. The zero-order chi connectivity index (χ0) is 18.7. The maximum atomic E-state index is 13.1. The predicted molar refractivity (Wildman–Crippen MR) is 98.5 cm³/mol. The van der Waals surface area contributed by atoms with Gasteiger partial charge >= 0.3 is 0 Å². The number of amides is 1. The second-order valence-corrected chi connectivity index (χ2v) is 8.18. The summed E-state index contributed by atoms with van der Waals surface area (Å²) in [6.45, 7) is 2.13. The van der Waals surface area contributed by atoms with Crippen LogP contribution in [0.4, 0.5) is 10.1 Å². The molecule has 3 aromatic rings. The van der Waals surface area contributed by atoms with Crippen LogP contribution in [0.15, 0.2) is 47.4 Å². The van der Waals surface area contributed by atoms with Crippen molar-refractivity contribution in [1.82, 2.24) is 8.75 Å². The zero-order valence-corrected chi connectivity index (χ0v) is 15.6. The standard InChI is InChI=1S/C17H16FN3O3S2/c1-2-21(13-8-6-12(18)7-9-13)16(22)10-11-26(23,24)15-5-3-4-14-17(15)20-25-19-14/h3-9H,2,10-11H2,1H3. The van der Waals surface area contributed by atoms with Gasteiger partial charge < -0.3 is 4.90 Å². The molecule has 0 radical (unpaired) electrons. The molecule has 0 spiro atoms. The van der Waals surface area contributed by atoms with E-state index in [2.05, 4.69) is 8.75 Å². The molecule has 1 aromatic heterocycles. The van der Waals surface area contributed by atoms with Gasteiger partial charge in [-0.25, -0.2) is 12.8 Å². The first-order valence-corrected chi connectivity index (χ1v) is 10.3. The van der Waals surface area contributed by atoms with Gasteiger partial charge in [0.05, 0.1) is 22.4 Å². The third-order valence-corrected chi connectivity index (χ3v) is 6.21. The number of halogens is 1. The monoisotopic (exact) mass is 393 g/mol. The summed E-state index contributed by atoms with van der Waals surface area (Å²) < 4.78 is 46.4. The highest BCUT2D eigenvalue weighted by Crippen LogP contribution is 2.23. The van der Waals surface area contributed by atoms with Gasteiger partial charge in [-0.3, -0.25) is 4.79 Å². The smallest absolute Gasteiger partial charge is 0.228 e. The highest BCUT2D eigenvalue weighted by Gasteiger charge is 2.23. The average molecular weight is 393 g/mol. The van der Waals surface area contributed by atoms with Gasteiger partial charge in [-0.2, -0.15) is 8.75 Å². The SMILES string of the molecule is CCN(C(=O)CCS(=O)(=O)c1cccc2nsnc12)c1ccc(F)cc1. The van der Waals surface area contributed by atoms with Crippen molar-refractivity contribution in [2.45, 2.75) is 18.2 Å². The molecule has 2 aromatic carbocycles. The number of benzene rings is 2. The number of carbonyl (C=O) groups is 1. The Hall–Kier alpha value is -2.39. The Balaban J connectivity index is 1.77. The molecule has 9 heteroatoms. The minimum Gasteiger partial charge on any atom is -0.313 e. The summed E-state index contributed by atoms with van der Waals surface area (Å²) in [6.07, 6.45) is -0.179. The van der Waals surface area contributed by atoms with E-state index in [9.17, 15) is 17.6 Å². The first kappa shape index (κ1) is 18.4. The van der Waals surface area contributed by atoms with Crippen LogP contribution in [0.2, 0.25) is 0 Å². The van der Waals surface area contributed by atoms with Gasteiger partial charge in [-0.15, -0.1) is 0 Å². The average Bonchev–Trinajstić information content (AvgIpc) is 3.11. The Morgan fingerprint density at radius 1 is 1.15 bits per heavy atom. The summed E-state index contributed by atoms with van der Waals surface area (Å²) in [6, 6.07) is 10.3. The van der Waals surface area contributed by atoms with Crippen LogP contribution in [-0.2, 0) is 14.6 Å². The summed E-state index contributed by atoms with van der Waals surface area (Å²) >= 11 is 0.944. The van der Waals surface area contributed by atoms with Crippen molar-refractivity contribution in [1.29, 1.82) is 0 Å². The molecule has 26 heavy (non-hydrogen) atoms. The summed E-state index contributed by atoms with van der Waals surface area (Å²) in [5.41, 5.74) is 1.38. The number of anilines is 1. The summed E-state index contributed by atoms with van der Waals surface area (Å²) in [7, 11) is -3.69. The van der Waals surface area contributed by atoms with E-state index in [1.807, 2.05) is 0 Å². The fourth-order valence-corrected chi connectivity index (χ4v) is 4.62. The molecule has 1 heterocycles. The van der Waals surface area contributed by atoms with E-state index < -0.39 is 15.7 Å². The van der Waals surface area contributed by atoms with Crippen LogP contribution in [-0.4, -0.2) is 35.4 Å². The number of hydrogen-bond acceptors (Lipinski definition) is 6. The first-order chi connectivity index (χ1) is 12.4. The lowest BCUT2D eigenvalue weighted by molar-refractivity contribution is -0.118. The molecule has 0 aliphatic carbocycles. The van der Waals surface area contributed by atoms with Gasteiger partial charge in [-0.05, 0) is 43.3 Å². The van der Waals surface area contributed by atoms with E-state index in [4.69, 9.17) is 0 Å². The Morgan fingerprint density at radius 2 is 1.88 bits per heavy atom. The molecular formula is C17H16FN3O3S2. The van der Waals surface area contributed by atoms with E-state index in [1.54, 1.807) is 19.1 Å². The van der Waals surface area contributed by atoms with Crippen molar-refractivity contribution in [2.24, 2.45) is 0 Å². The molecule has 0 aliphatic rings. The van der Waals surface area contributed by atoms with Crippen LogP contribution in [0, 0.1) is 5.82 Å². The van der Waals surface area contributed by atoms with Gasteiger partial charge in [0.2, 0.25) is 5.91 Å². The second-order valence-electron chi connectivity index (χ2n) is 5.57. The summed E-state index contributed by atoms with van der Waals surface area (Å²) in [4.78, 5) is 14.0. The normalized spacial score (nSPS) is 11.6. The third kappa shape index (κ3) is 3.73. The van der Waals surface area contributed by atoms with Gasteiger partial charge in [0, 0.05) is 18.7 Å². The van der Waals surface area contributed by atoms with E-state index in [0.717, 1.165) is 11.7 Å². The Kier molecular flexibility index (Phi) is 5.28. The van der Waals surface area contributed by atoms with E-state index in [0.29, 0.717) is 23.3 Å². The van der Waals surface area contributed by atoms with Gasteiger partial charge in [0.25, 0.3) is 0 Å². The largest absolute Gasteiger partial charge is 0.313 e. The molecule has 3 rings (SSSR count). The van der Waals surface area contributed by atoms with E-state index in [1.165, 1.54) is 35.2 Å². The molecule has 0 atom stereocenters. The van der Waals surface area contributed by atoms with Crippen molar-refractivity contribution in [3.05, 3.63) is 48.3 Å². The van der Waals surface area contributed by atoms with E-state index >= 15 is 0 Å². The molecule has 0 unspecified atom stereocenters. The number of fused-ring (bicyclic) bond motifs is 1. The highest BCUT2D eigenvalue weighted by atomic mass is 32.2. The molecule has 0 N–H and O–H groups in total. The number of aromatic nitrogens is 2. The van der Waals surface area contributed by atoms with Crippen LogP contribution in [0.5, 0.6) is 0 Å². The molecule has 0 saturated carbocycles. The fourth-order valence-electron chi connectivity index (χ4n) is 2.62. The molecule has 0 saturated heterocycles. The van der Waals surface area contributed by atoms with Gasteiger partial charge in [-0.1, -0.05) is 6.07 Å². The second kappa shape index (κ2) is 7.46. The highest BCUT2D eigenvalue weighted by molar-refractivity contribution is 7.91. The van der Waals surface area contributed by atoms with Crippen molar-refractivity contribution >= 4 is 44.2 Å². The van der Waals surface area contributed by atoms with E-state index in [-0.39, 0.29) is 23.0 Å². The number of nitrogens with zero attached hydrogens (tertiary/aromatic N) is 3. The Bertz CT molecular complexity index is 1030. The van der Waals surface area contributed by atoms with Crippen LogP contribution in [0.25, 0.3) is 11.0 Å². The minimum atomic E-state index is -3.69. The maximum Gasteiger partial charge on any atom is 0.228 e. The molecule has 0 fully saturated rings. The van der Waals surface area contributed by atoms with Crippen LogP contribution in [0.1, 0.15) is 13.3 Å². The number of hydrogen-bond donors (Lipinski definition) is 0. The Morgan fingerprint density at radius 3 is 2.58 bits per heavy atom. The van der Waals surface area contributed by atoms with Gasteiger partial charge in [0.1, 0.15) is 16.9 Å². The van der Waals surface area contributed by atoms with Crippen LogP contribution >= 0.6 is 11.7 Å². The third-order valence-electron chi connectivity index (χ3n) is 3.92. The Labute approximate surface area is 154 Å².